The maximum Gasteiger partial charge on any atom is 2.00 e. The molecule has 0 fully saturated rings. The molecule has 13 heteroatoms. The molecule has 4 rings (SSSR count). The van der Waals surface area contributed by atoms with E-state index in [9.17, 15) is 39.0 Å². The number of aryl methyl sites for hydroxylation is 4. The molecule has 55 heavy (non-hydrogen) atoms. The Balaban J connectivity index is 0.000000373. The number of hydrogen-bond acceptors (Lipinski definition) is 10. The fourth-order valence-electron chi connectivity index (χ4n) is 5.77. The van der Waals surface area contributed by atoms with Gasteiger partial charge in [0.2, 0.25) is 12.6 Å². The monoisotopic (exact) mass is 776 g/mol. The van der Waals surface area contributed by atoms with Crippen molar-refractivity contribution in [2.24, 2.45) is 0 Å². The number of unbranched alkanes of at least 4 members (excludes halogenated alkanes) is 2. The molecule has 284 valence electrons. The number of amides is 2. The molecule has 0 spiro atoms. The van der Waals surface area contributed by atoms with E-state index in [0.29, 0.717) is 48.6 Å². The van der Waals surface area contributed by atoms with Crippen molar-refractivity contribution in [3.63, 3.8) is 0 Å². The van der Waals surface area contributed by atoms with Gasteiger partial charge in [-0.05, 0) is 135 Å². The number of hydrogen-bond donors (Lipinski definition) is 2. The van der Waals surface area contributed by atoms with Crippen LogP contribution >= 0.6 is 0 Å². The van der Waals surface area contributed by atoms with Crippen LogP contribution in [-0.2, 0) is 28.8 Å². The molecular formula is C42H44CaN2O10. The standard InChI is InChI=1S/2C21H23NO5.Ca/c2*1-14-6-5-7-15(2)21(14)16-9-10-17(22-19(24)13-23)18(12-16)27-11-4-3-8-20(25)26;/h2*5-7,9-10,12-13H,3-4,8,11H2,1-2H3,(H,22,24)(H,25,26);/q;;+2/p-2. The Bertz CT molecular complexity index is 1800. The summed E-state index contributed by atoms with van der Waals surface area (Å²) in [5.74, 6) is -2.86. The number of benzene rings is 4. The van der Waals surface area contributed by atoms with Crippen molar-refractivity contribution < 1.29 is 48.5 Å². The molecule has 2 N–H and O–H groups in total. The molecule has 0 saturated heterocycles. The Hall–Kier alpha value is -5.04. The minimum absolute atomic E-state index is 0. The number of nitrogens with one attached hydrogen (secondary N) is 2. The quantitative estimate of drug-likeness (QED) is 0.0633. The molecule has 0 bridgehead atoms. The molecule has 0 aliphatic carbocycles. The van der Waals surface area contributed by atoms with Gasteiger partial charge in [0.15, 0.2) is 0 Å². The van der Waals surface area contributed by atoms with E-state index in [4.69, 9.17) is 9.47 Å². The average molecular weight is 777 g/mol. The number of carboxylic acid groups (broad SMARTS) is 2. The molecule has 0 aliphatic heterocycles. The van der Waals surface area contributed by atoms with E-state index in [1.54, 1.807) is 12.1 Å². The van der Waals surface area contributed by atoms with Crippen LogP contribution in [0.5, 0.6) is 11.5 Å². The van der Waals surface area contributed by atoms with E-state index in [-0.39, 0.29) is 76.4 Å². The summed E-state index contributed by atoms with van der Waals surface area (Å²) >= 11 is 0. The van der Waals surface area contributed by atoms with Crippen molar-refractivity contribution >= 4 is 85.4 Å². The first kappa shape index (κ1) is 46.1. The second kappa shape index (κ2) is 23.7. The number of carbonyl (C=O) groups is 6. The van der Waals surface area contributed by atoms with Gasteiger partial charge >= 0.3 is 37.7 Å². The minimum atomic E-state index is -1.09. The van der Waals surface area contributed by atoms with Crippen LogP contribution in [0.25, 0.3) is 22.3 Å². The van der Waals surface area contributed by atoms with E-state index in [0.717, 1.165) is 44.5 Å². The smallest absolute Gasteiger partial charge is 0.550 e. The summed E-state index contributed by atoms with van der Waals surface area (Å²) in [6.07, 6.45) is 2.28. The Morgan fingerprint density at radius 2 is 0.909 bits per heavy atom. The largest absolute Gasteiger partial charge is 2.00 e. The predicted octanol–water partition coefficient (Wildman–Crippen LogP) is 4.43. The van der Waals surface area contributed by atoms with E-state index in [1.807, 2.05) is 88.4 Å². The van der Waals surface area contributed by atoms with Gasteiger partial charge in [0.25, 0.3) is 11.8 Å². The van der Waals surface area contributed by atoms with Crippen LogP contribution in [0, 0.1) is 27.7 Å². The summed E-state index contributed by atoms with van der Waals surface area (Å²) in [5, 5.41) is 25.9. The van der Waals surface area contributed by atoms with Crippen LogP contribution in [0.1, 0.15) is 60.8 Å². The molecule has 0 aromatic heterocycles. The number of ether oxygens (including phenoxy) is 2. The van der Waals surface area contributed by atoms with Gasteiger partial charge in [0.05, 0.1) is 24.6 Å². The third kappa shape index (κ3) is 15.0. The van der Waals surface area contributed by atoms with Gasteiger partial charge in [-0.25, -0.2) is 0 Å². The molecule has 2 amide bonds. The first-order chi connectivity index (χ1) is 25.8. The molecule has 0 saturated carbocycles. The summed E-state index contributed by atoms with van der Waals surface area (Å²) < 4.78 is 11.5. The van der Waals surface area contributed by atoms with Crippen molar-refractivity contribution in [1.29, 1.82) is 0 Å². The van der Waals surface area contributed by atoms with Crippen molar-refractivity contribution in [3.05, 3.63) is 95.1 Å². The number of carbonyl (C=O) groups excluding carboxylic acids is 6. The van der Waals surface area contributed by atoms with Crippen LogP contribution in [0.3, 0.4) is 0 Å². The zero-order chi connectivity index (χ0) is 39.6. The van der Waals surface area contributed by atoms with E-state index in [2.05, 4.69) is 10.6 Å². The van der Waals surface area contributed by atoms with Crippen molar-refractivity contribution in [3.8, 4) is 33.8 Å². The first-order valence-electron chi connectivity index (χ1n) is 17.4. The number of aldehydes is 2. The van der Waals surface area contributed by atoms with Crippen LogP contribution in [0.2, 0.25) is 0 Å². The molecule has 4 aromatic rings. The molecule has 0 radical (unpaired) electrons. The maximum absolute atomic E-state index is 11.4. The third-order valence-electron chi connectivity index (χ3n) is 8.30. The van der Waals surface area contributed by atoms with E-state index >= 15 is 0 Å². The zero-order valence-corrected chi connectivity index (χ0v) is 33.7. The van der Waals surface area contributed by atoms with Crippen molar-refractivity contribution in [2.75, 3.05) is 23.8 Å². The molecule has 4 aromatic carbocycles. The number of anilines is 2. The van der Waals surface area contributed by atoms with Gasteiger partial charge in [0.1, 0.15) is 11.5 Å². The summed E-state index contributed by atoms with van der Waals surface area (Å²) in [6.45, 7) is 8.65. The normalized spacial score (nSPS) is 10.1. The molecular weight excluding hydrogens is 733 g/mol. The van der Waals surface area contributed by atoms with E-state index < -0.39 is 23.8 Å². The van der Waals surface area contributed by atoms with Gasteiger partial charge in [0, 0.05) is 11.9 Å². The van der Waals surface area contributed by atoms with Gasteiger partial charge < -0.3 is 39.9 Å². The average Bonchev–Trinajstić information content (AvgIpc) is 3.12. The fraction of sp³-hybridized carbons (Fsp3) is 0.286. The van der Waals surface area contributed by atoms with E-state index in [1.165, 1.54) is 0 Å². The molecule has 0 atom stereocenters. The molecule has 0 heterocycles. The van der Waals surface area contributed by atoms with Crippen LogP contribution in [-0.4, -0.2) is 87.3 Å². The fourth-order valence-corrected chi connectivity index (χ4v) is 5.77. The van der Waals surface area contributed by atoms with Crippen LogP contribution in [0.4, 0.5) is 11.4 Å². The maximum atomic E-state index is 11.4. The van der Waals surface area contributed by atoms with Gasteiger partial charge in [-0.3, -0.25) is 19.2 Å². The van der Waals surface area contributed by atoms with Crippen molar-refractivity contribution in [2.45, 2.75) is 66.2 Å². The molecule has 0 aliphatic rings. The second-order valence-electron chi connectivity index (χ2n) is 12.5. The van der Waals surface area contributed by atoms with Gasteiger partial charge in [-0.1, -0.05) is 48.5 Å². The first-order valence-corrected chi connectivity index (χ1v) is 17.4. The third-order valence-corrected chi connectivity index (χ3v) is 8.30. The van der Waals surface area contributed by atoms with Gasteiger partial charge in [-0.2, -0.15) is 0 Å². The SMILES string of the molecule is Cc1cccc(C)c1-c1ccc(NC(=O)C=O)c(OCCCCC(=O)[O-])c1.Cc1cccc(C)c1-c1ccc(NC(=O)C=O)c(OCCCCC(=O)[O-])c1.[Ca+2]. The van der Waals surface area contributed by atoms with Crippen LogP contribution in [0.15, 0.2) is 72.8 Å². The predicted molar refractivity (Wildman–Crippen MR) is 207 cm³/mol. The number of rotatable bonds is 18. The molecule has 12 nitrogen and oxygen atoms in total. The summed E-state index contributed by atoms with van der Waals surface area (Å²) in [4.78, 5) is 65.1. The van der Waals surface area contributed by atoms with Crippen LogP contribution < -0.4 is 30.3 Å². The summed E-state index contributed by atoms with van der Waals surface area (Å²) in [5.41, 5.74) is 9.24. The Labute approximate surface area is 350 Å². The zero-order valence-electron chi connectivity index (χ0n) is 31.5. The molecule has 0 unspecified atom stereocenters. The summed E-state index contributed by atoms with van der Waals surface area (Å²) in [6, 6.07) is 22.8. The summed E-state index contributed by atoms with van der Waals surface area (Å²) in [7, 11) is 0. The Kier molecular flexibility index (Phi) is 19.9. The Morgan fingerprint density at radius 3 is 1.22 bits per heavy atom. The van der Waals surface area contributed by atoms with Gasteiger partial charge in [-0.15, -0.1) is 0 Å². The minimum Gasteiger partial charge on any atom is -0.550 e. The topological polar surface area (TPSA) is 191 Å². The second-order valence-corrected chi connectivity index (χ2v) is 12.5. The number of aliphatic carboxylic acids is 2. The number of carboxylic acids is 2. The Morgan fingerprint density at radius 1 is 0.564 bits per heavy atom. The van der Waals surface area contributed by atoms with Crippen molar-refractivity contribution in [1.82, 2.24) is 0 Å².